The van der Waals surface area contributed by atoms with Crippen molar-refractivity contribution in [2.45, 2.75) is 32.7 Å². The molecule has 1 aromatic rings. The molecular formula is C13H23NO2Si. The Bertz CT molecular complexity index is 295. The molecule has 0 fully saturated rings. The van der Waals surface area contributed by atoms with E-state index in [1.807, 2.05) is 12.1 Å². The highest BCUT2D eigenvalue weighted by atomic mass is 28.3. The molecule has 0 radical (unpaired) electrons. The lowest BCUT2D eigenvalue weighted by Gasteiger charge is -2.16. The van der Waals surface area contributed by atoms with E-state index in [9.17, 15) is 0 Å². The van der Waals surface area contributed by atoms with Gasteiger partial charge in [-0.3, -0.25) is 0 Å². The highest BCUT2D eigenvalue weighted by Gasteiger charge is 2.13. The molecule has 4 heteroatoms. The van der Waals surface area contributed by atoms with Gasteiger partial charge in [-0.05, 0) is 30.5 Å². The molecule has 1 aromatic carbocycles. The fourth-order valence-electron chi connectivity index (χ4n) is 1.51. The third kappa shape index (κ3) is 5.86. The van der Waals surface area contributed by atoms with E-state index in [2.05, 4.69) is 26.0 Å². The summed E-state index contributed by atoms with van der Waals surface area (Å²) in [5, 5.41) is 0. The monoisotopic (exact) mass is 253 g/mol. The average Bonchev–Trinajstić information content (AvgIpc) is 2.35. The minimum absolute atomic E-state index is 0.801. The lowest BCUT2D eigenvalue weighted by Crippen LogP contribution is -2.27. The van der Waals surface area contributed by atoms with Crippen molar-refractivity contribution in [3.63, 3.8) is 0 Å². The molecule has 0 heterocycles. The number of nitrogens with two attached hydrogens (primary N) is 1. The molecule has 0 saturated carbocycles. The van der Waals surface area contributed by atoms with Gasteiger partial charge in [0, 0.05) is 24.9 Å². The SMILES string of the molecule is CCCO[SiH](Cc1ccc(N)cc1)OCCC. The fourth-order valence-corrected chi connectivity index (χ4v) is 3.50. The lowest BCUT2D eigenvalue weighted by molar-refractivity contribution is 0.196. The van der Waals surface area contributed by atoms with Crippen LogP contribution in [0.25, 0.3) is 0 Å². The van der Waals surface area contributed by atoms with Crippen molar-refractivity contribution >= 4 is 15.0 Å². The van der Waals surface area contributed by atoms with E-state index in [0.717, 1.165) is 37.8 Å². The van der Waals surface area contributed by atoms with E-state index in [1.54, 1.807) is 0 Å². The molecule has 0 atom stereocenters. The van der Waals surface area contributed by atoms with E-state index < -0.39 is 9.28 Å². The van der Waals surface area contributed by atoms with E-state index >= 15 is 0 Å². The summed E-state index contributed by atoms with van der Waals surface area (Å²) in [5.74, 6) is 0. The van der Waals surface area contributed by atoms with E-state index in [-0.39, 0.29) is 0 Å². The standard InChI is InChI=1S/C13H23NO2Si/c1-3-9-15-17(16-10-4-2)11-12-5-7-13(14)8-6-12/h5-8,17H,3-4,9-11,14H2,1-2H3. The highest BCUT2D eigenvalue weighted by Crippen LogP contribution is 2.09. The summed E-state index contributed by atoms with van der Waals surface area (Å²) in [6.45, 7) is 5.84. The smallest absolute Gasteiger partial charge is 0.325 e. The predicted octanol–water partition coefficient (Wildman–Crippen LogP) is 2.42. The Balaban J connectivity index is 2.48. The number of hydrogen-bond donors (Lipinski definition) is 1. The normalized spacial score (nSPS) is 11.0. The quantitative estimate of drug-likeness (QED) is 0.571. The molecular weight excluding hydrogens is 230 g/mol. The minimum atomic E-state index is -1.55. The van der Waals surface area contributed by atoms with E-state index in [0.29, 0.717) is 0 Å². The maximum absolute atomic E-state index is 5.81. The van der Waals surface area contributed by atoms with Crippen LogP contribution < -0.4 is 5.73 Å². The zero-order valence-corrected chi connectivity index (χ0v) is 12.0. The summed E-state index contributed by atoms with van der Waals surface area (Å²) in [6.07, 6.45) is 2.08. The van der Waals surface area contributed by atoms with Crippen LogP contribution in [0.1, 0.15) is 32.3 Å². The van der Waals surface area contributed by atoms with Crippen molar-refractivity contribution < 1.29 is 8.85 Å². The van der Waals surface area contributed by atoms with Crippen molar-refractivity contribution in [3.05, 3.63) is 29.8 Å². The molecule has 0 spiro atoms. The fraction of sp³-hybridized carbons (Fsp3) is 0.538. The lowest BCUT2D eigenvalue weighted by atomic mass is 10.2. The molecule has 0 bridgehead atoms. The topological polar surface area (TPSA) is 44.5 Å². The molecule has 0 unspecified atom stereocenters. The second-order valence-corrected chi connectivity index (χ2v) is 6.05. The molecule has 0 aromatic heterocycles. The van der Waals surface area contributed by atoms with Gasteiger partial charge in [0.1, 0.15) is 0 Å². The maximum Gasteiger partial charge on any atom is 0.325 e. The Hall–Kier alpha value is -0.843. The van der Waals surface area contributed by atoms with Crippen molar-refractivity contribution in [1.29, 1.82) is 0 Å². The van der Waals surface area contributed by atoms with Gasteiger partial charge in [-0.25, -0.2) is 0 Å². The average molecular weight is 253 g/mol. The van der Waals surface area contributed by atoms with Crippen LogP contribution in [0.4, 0.5) is 5.69 Å². The Labute approximate surface area is 106 Å². The molecule has 17 heavy (non-hydrogen) atoms. The first kappa shape index (κ1) is 14.2. The van der Waals surface area contributed by atoms with Gasteiger partial charge in [0.05, 0.1) is 0 Å². The molecule has 2 N–H and O–H groups in total. The zero-order valence-electron chi connectivity index (χ0n) is 10.8. The number of benzene rings is 1. The first-order chi connectivity index (χ1) is 8.26. The molecule has 0 saturated heterocycles. The first-order valence-corrected chi connectivity index (χ1v) is 8.09. The second-order valence-electron chi connectivity index (χ2n) is 4.12. The van der Waals surface area contributed by atoms with Crippen LogP contribution in [-0.2, 0) is 14.9 Å². The second kappa shape index (κ2) is 8.28. The van der Waals surface area contributed by atoms with Gasteiger partial charge in [-0.2, -0.15) is 0 Å². The summed E-state index contributed by atoms with van der Waals surface area (Å²) in [5.41, 5.74) is 7.72. The zero-order chi connectivity index (χ0) is 12.5. The number of hydrogen-bond acceptors (Lipinski definition) is 3. The largest absolute Gasteiger partial charge is 0.399 e. The Morgan fingerprint density at radius 3 is 2.00 bits per heavy atom. The van der Waals surface area contributed by atoms with Crippen LogP contribution in [0.3, 0.4) is 0 Å². The van der Waals surface area contributed by atoms with Crippen LogP contribution in [0.5, 0.6) is 0 Å². The first-order valence-electron chi connectivity index (χ1n) is 6.33. The summed E-state index contributed by atoms with van der Waals surface area (Å²) < 4.78 is 11.6. The van der Waals surface area contributed by atoms with Crippen molar-refractivity contribution in [2.75, 3.05) is 18.9 Å². The van der Waals surface area contributed by atoms with Crippen molar-refractivity contribution in [2.24, 2.45) is 0 Å². The van der Waals surface area contributed by atoms with Crippen LogP contribution in [0, 0.1) is 0 Å². The molecule has 3 nitrogen and oxygen atoms in total. The van der Waals surface area contributed by atoms with Gasteiger partial charge in [0.15, 0.2) is 0 Å². The highest BCUT2D eigenvalue weighted by molar-refractivity contribution is 6.43. The molecule has 0 aliphatic heterocycles. The summed E-state index contributed by atoms with van der Waals surface area (Å²) >= 11 is 0. The van der Waals surface area contributed by atoms with Crippen molar-refractivity contribution in [1.82, 2.24) is 0 Å². The van der Waals surface area contributed by atoms with E-state index in [1.165, 1.54) is 5.56 Å². The van der Waals surface area contributed by atoms with Gasteiger partial charge in [-0.15, -0.1) is 0 Å². The molecule has 1 rings (SSSR count). The van der Waals surface area contributed by atoms with E-state index in [4.69, 9.17) is 14.6 Å². The summed E-state index contributed by atoms with van der Waals surface area (Å²) in [6, 6.07) is 8.89. The van der Waals surface area contributed by atoms with Gasteiger partial charge in [0.2, 0.25) is 0 Å². The van der Waals surface area contributed by atoms with Crippen LogP contribution >= 0.6 is 0 Å². The number of nitrogen functional groups attached to an aromatic ring is 1. The molecule has 0 amide bonds. The van der Waals surface area contributed by atoms with Crippen molar-refractivity contribution in [3.8, 4) is 0 Å². The molecule has 0 aliphatic rings. The Kier molecular flexibility index (Phi) is 6.92. The molecule has 0 aliphatic carbocycles. The third-order valence-electron chi connectivity index (χ3n) is 2.40. The van der Waals surface area contributed by atoms with Crippen LogP contribution in [0.15, 0.2) is 24.3 Å². The number of rotatable bonds is 8. The van der Waals surface area contributed by atoms with Gasteiger partial charge < -0.3 is 14.6 Å². The number of anilines is 1. The minimum Gasteiger partial charge on any atom is -0.399 e. The van der Waals surface area contributed by atoms with Crippen LogP contribution in [-0.4, -0.2) is 22.5 Å². The maximum atomic E-state index is 5.81. The Morgan fingerprint density at radius 2 is 1.53 bits per heavy atom. The van der Waals surface area contributed by atoms with Gasteiger partial charge in [0.25, 0.3) is 0 Å². The van der Waals surface area contributed by atoms with Gasteiger partial charge in [-0.1, -0.05) is 26.0 Å². The van der Waals surface area contributed by atoms with Gasteiger partial charge >= 0.3 is 9.28 Å². The third-order valence-corrected chi connectivity index (χ3v) is 4.42. The Morgan fingerprint density at radius 1 is 1.00 bits per heavy atom. The summed E-state index contributed by atoms with van der Waals surface area (Å²) in [7, 11) is -1.55. The van der Waals surface area contributed by atoms with Crippen LogP contribution in [0.2, 0.25) is 0 Å². The summed E-state index contributed by atoms with van der Waals surface area (Å²) in [4.78, 5) is 0. The molecule has 96 valence electrons. The predicted molar refractivity (Wildman–Crippen MR) is 74.2 cm³/mol.